The average molecular weight is 242 g/mol. The van der Waals surface area contributed by atoms with Crippen LogP contribution in [0.5, 0.6) is 0 Å². The van der Waals surface area contributed by atoms with Crippen LogP contribution in [0.3, 0.4) is 0 Å². The molecule has 1 saturated heterocycles. The molecule has 1 heterocycles. The molecule has 1 aliphatic heterocycles. The smallest absolute Gasteiger partial charge is 0.225 e. The molecule has 4 unspecified atom stereocenters. The zero-order valence-corrected chi connectivity index (χ0v) is 10.3. The Morgan fingerprint density at radius 3 is 2.82 bits per heavy atom. The van der Waals surface area contributed by atoms with Gasteiger partial charge in [0.05, 0.1) is 18.8 Å². The van der Waals surface area contributed by atoms with Crippen LogP contribution in [0.2, 0.25) is 0 Å². The van der Waals surface area contributed by atoms with Gasteiger partial charge in [-0.3, -0.25) is 4.79 Å². The summed E-state index contributed by atoms with van der Waals surface area (Å²) in [6, 6.07) is 0.177. The highest BCUT2D eigenvalue weighted by Gasteiger charge is 2.34. The second-order valence-electron chi connectivity index (χ2n) is 5.26. The third-order valence-corrected chi connectivity index (χ3v) is 3.66. The van der Waals surface area contributed by atoms with E-state index in [0.29, 0.717) is 13.1 Å². The molecule has 0 bridgehead atoms. The van der Waals surface area contributed by atoms with Crippen LogP contribution in [0, 0.1) is 5.92 Å². The van der Waals surface area contributed by atoms with Gasteiger partial charge in [0.15, 0.2) is 0 Å². The number of nitrogens with zero attached hydrogens (tertiary/aromatic N) is 1. The molecule has 3 N–H and O–H groups in total. The summed E-state index contributed by atoms with van der Waals surface area (Å²) in [5.41, 5.74) is 5.84. The van der Waals surface area contributed by atoms with Crippen molar-refractivity contribution in [2.75, 3.05) is 19.7 Å². The van der Waals surface area contributed by atoms with Crippen LogP contribution in [0.25, 0.3) is 0 Å². The Kier molecular flexibility index (Phi) is 4.01. The van der Waals surface area contributed by atoms with E-state index >= 15 is 0 Å². The molecule has 0 aromatic carbocycles. The monoisotopic (exact) mass is 242 g/mol. The number of morpholine rings is 1. The lowest BCUT2D eigenvalue weighted by Crippen LogP contribution is -2.51. The molecule has 0 aromatic rings. The van der Waals surface area contributed by atoms with Crippen molar-refractivity contribution >= 4 is 5.91 Å². The van der Waals surface area contributed by atoms with Crippen molar-refractivity contribution in [2.24, 2.45) is 11.7 Å². The Balaban J connectivity index is 1.94. The van der Waals surface area contributed by atoms with Crippen molar-refractivity contribution < 1.29 is 14.6 Å². The Bertz CT molecular complexity index is 285. The molecule has 5 heteroatoms. The van der Waals surface area contributed by atoms with Crippen molar-refractivity contribution in [1.29, 1.82) is 0 Å². The summed E-state index contributed by atoms with van der Waals surface area (Å²) in [7, 11) is 0. The molecule has 2 aliphatic rings. The number of aliphatic hydroxyl groups excluding tert-OH is 1. The highest BCUT2D eigenvalue weighted by molar-refractivity contribution is 5.79. The fraction of sp³-hybridized carbons (Fsp3) is 0.917. The highest BCUT2D eigenvalue weighted by Crippen LogP contribution is 2.27. The zero-order chi connectivity index (χ0) is 12.4. The summed E-state index contributed by atoms with van der Waals surface area (Å²) in [5, 5.41) is 9.13. The van der Waals surface area contributed by atoms with E-state index in [4.69, 9.17) is 15.6 Å². The maximum Gasteiger partial charge on any atom is 0.225 e. The van der Waals surface area contributed by atoms with Crippen LogP contribution in [-0.2, 0) is 9.53 Å². The molecule has 5 nitrogen and oxygen atoms in total. The number of hydrogen-bond acceptors (Lipinski definition) is 4. The third-order valence-electron chi connectivity index (χ3n) is 3.66. The Labute approximate surface area is 102 Å². The van der Waals surface area contributed by atoms with E-state index in [0.717, 1.165) is 19.3 Å². The van der Waals surface area contributed by atoms with Crippen molar-refractivity contribution in [2.45, 2.75) is 44.4 Å². The fourth-order valence-corrected chi connectivity index (χ4v) is 2.82. The van der Waals surface area contributed by atoms with Crippen LogP contribution in [0.15, 0.2) is 0 Å². The minimum Gasteiger partial charge on any atom is -0.394 e. The van der Waals surface area contributed by atoms with Crippen LogP contribution in [0.4, 0.5) is 0 Å². The molecule has 17 heavy (non-hydrogen) atoms. The number of nitrogens with two attached hydrogens (primary N) is 1. The van der Waals surface area contributed by atoms with Gasteiger partial charge in [0.2, 0.25) is 5.91 Å². The van der Waals surface area contributed by atoms with Gasteiger partial charge in [0.1, 0.15) is 0 Å². The molecular weight excluding hydrogens is 220 g/mol. The van der Waals surface area contributed by atoms with Gasteiger partial charge in [-0.2, -0.15) is 0 Å². The van der Waals surface area contributed by atoms with Gasteiger partial charge in [-0.1, -0.05) is 0 Å². The first kappa shape index (κ1) is 12.8. The molecule has 0 radical (unpaired) electrons. The first-order valence-electron chi connectivity index (χ1n) is 6.40. The van der Waals surface area contributed by atoms with E-state index in [2.05, 4.69) is 0 Å². The van der Waals surface area contributed by atoms with Crippen LogP contribution >= 0.6 is 0 Å². The molecule has 1 aliphatic carbocycles. The molecule has 0 aromatic heterocycles. The molecule has 1 amide bonds. The van der Waals surface area contributed by atoms with E-state index in [1.54, 1.807) is 0 Å². The molecule has 98 valence electrons. The Morgan fingerprint density at radius 1 is 1.47 bits per heavy atom. The predicted octanol–water partition coefficient (Wildman–Crippen LogP) is -0.278. The number of carbonyl (C=O) groups excluding carboxylic acids is 1. The van der Waals surface area contributed by atoms with Gasteiger partial charge in [0.25, 0.3) is 0 Å². The van der Waals surface area contributed by atoms with E-state index in [-0.39, 0.29) is 36.7 Å². The maximum absolute atomic E-state index is 12.3. The second kappa shape index (κ2) is 5.33. The lowest BCUT2D eigenvalue weighted by atomic mass is 10.0. The summed E-state index contributed by atoms with van der Waals surface area (Å²) in [4.78, 5) is 14.1. The topological polar surface area (TPSA) is 75.8 Å². The number of ether oxygens (including phenoxy) is 1. The molecule has 2 rings (SSSR count). The number of aliphatic hydroxyl groups is 1. The van der Waals surface area contributed by atoms with Crippen LogP contribution in [0.1, 0.15) is 26.2 Å². The van der Waals surface area contributed by atoms with Crippen molar-refractivity contribution in [1.82, 2.24) is 4.90 Å². The van der Waals surface area contributed by atoms with Gasteiger partial charge in [-0.25, -0.2) is 0 Å². The predicted molar refractivity (Wildman–Crippen MR) is 63.3 cm³/mol. The summed E-state index contributed by atoms with van der Waals surface area (Å²) < 4.78 is 5.53. The third kappa shape index (κ3) is 2.97. The van der Waals surface area contributed by atoms with Gasteiger partial charge in [-0.05, 0) is 26.2 Å². The minimum absolute atomic E-state index is 0.0000680. The number of hydrogen-bond donors (Lipinski definition) is 2. The van der Waals surface area contributed by atoms with Crippen LogP contribution in [-0.4, -0.2) is 53.9 Å². The van der Waals surface area contributed by atoms with Gasteiger partial charge in [0, 0.05) is 25.0 Å². The summed E-state index contributed by atoms with van der Waals surface area (Å²) in [6.07, 6.45) is 2.40. The van der Waals surface area contributed by atoms with Gasteiger partial charge in [-0.15, -0.1) is 0 Å². The quantitative estimate of drug-likeness (QED) is 0.698. The molecule has 0 spiro atoms. The van der Waals surface area contributed by atoms with Gasteiger partial charge >= 0.3 is 0 Å². The summed E-state index contributed by atoms with van der Waals surface area (Å²) in [6.45, 7) is 3.03. The highest BCUT2D eigenvalue weighted by atomic mass is 16.5. The van der Waals surface area contributed by atoms with Gasteiger partial charge < -0.3 is 20.5 Å². The number of amides is 1. The Morgan fingerprint density at radius 2 is 2.24 bits per heavy atom. The van der Waals surface area contributed by atoms with E-state index < -0.39 is 0 Å². The maximum atomic E-state index is 12.3. The van der Waals surface area contributed by atoms with E-state index in [9.17, 15) is 4.79 Å². The molecular formula is C12H22N2O3. The molecule has 4 atom stereocenters. The minimum atomic E-state index is -0.238. The normalized spacial score (nSPS) is 38.4. The van der Waals surface area contributed by atoms with Crippen LogP contribution < -0.4 is 5.73 Å². The summed E-state index contributed by atoms with van der Waals surface area (Å²) in [5.74, 6) is 0.265. The lowest BCUT2D eigenvalue weighted by molar-refractivity contribution is -0.151. The van der Waals surface area contributed by atoms with Crippen molar-refractivity contribution in [3.8, 4) is 0 Å². The SMILES string of the molecule is CC1CN(C(=O)C2CCC(N)C2)CC(CO)O1. The lowest BCUT2D eigenvalue weighted by Gasteiger charge is -2.37. The average Bonchev–Trinajstić information content (AvgIpc) is 2.74. The Hall–Kier alpha value is -0.650. The second-order valence-corrected chi connectivity index (χ2v) is 5.26. The molecule has 2 fully saturated rings. The number of rotatable bonds is 2. The van der Waals surface area contributed by atoms with E-state index in [1.807, 2.05) is 11.8 Å². The largest absolute Gasteiger partial charge is 0.394 e. The standard InChI is InChI=1S/C12H22N2O3/c1-8-5-14(6-11(7-15)17-8)12(16)9-2-3-10(13)4-9/h8-11,15H,2-7,13H2,1H3. The number of carbonyl (C=O) groups is 1. The molecule has 1 saturated carbocycles. The van der Waals surface area contributed by atoms with Crippen molar-refractivity contribution in [3.05, 3.63) is 0 Å². The van der Waals surface area contributed by atoms with E-state index in [1.165, 1.54) is 0 Å². The summed E-state index contributed by atoms with van der Waals surface area (Å²) >= 11 is 0. The first-order valence-corrected chi connectivity index (χ1v) is 6.40. The zero-order valence-electron chi connectivity index (χ0n) is 10.3. The van der Waals surface area contributed by atoms with Crippen molar-refractivity contribution in [3.63, 3.8) is 0 Å². The first-order chi connectivity index (χ1) is 8.10. The fourth-order valence-electron chi connectivity index (χ4n) is 2.82.